The SMILES string of the molecule is CCCCCCCCCCCCCCC(C)(C)N(Cc1ccccc1)Cc1ccccc1. The molecule has 0 heterocycles. The van der Waals surface area contributed by atoms with Crippen LogP contribution in [0.4, 0.5) is 0 Å². The largest absolute Gasteiger partial charge is 0.290 e. The van der Waals surface area contributed by atoms with Gasteiger partial charge in [0.05, 0.1) is 0 Å². The van der Waals surface area contributed by atoms with Crippen molar-refractivity contribution in [3.05, 3.63) is 71.8 Å². The Morgan fingerprint density at radius 3 is 1.31 bits per heavy atom. The van der Waals surface area contributed by atoms with E-state index in [2.05, 4.69) is 86.3 Å². The number of hydrogen-bond acceptors (Lipinski definition) is 1. The van der Waals surface area contributed by atoms with Crippen LogP contribution in [-0.2, 0) is 13.1 Å². The molecule has 0 N–H and O–H groups in total. The van der Waals surface area contributed by atoms with Gasteiger partial charge in [-0.05, 0) is 31.4 Å². The van der Waals surface area contributed by atoms with Gasteiger partial charge in [0.1, 0.15) is 0 Å². The molecule has 0 saturated carbocycles. The molecule has 0 aromatic heterocycles. The van der Waals surface area contributed by atoms with E-state index in [1.165, 1.54) is 94.6 Å². The fraction of sp³-hybridized carbons (Fsp3) is 0.613. The quantitative estimate of drug-likeness (QED) is 0.211. The Bertz CT molecular complexity index is 635. The molecule has 2 aromatic rings. The van der Waals surface area contributed by atoms with Crippen molar-refractivity contribution >= 4 is 0 Å². The van der Waals surface area contributed by atoms with Gasteiger partial charge in [-0.3, -0.25) is 4.90 Å². The van der Waals surface area contributed by atoms with E-state index in [1.807, 2.05) is 0 Å². The zero-order chi connectivity index (χ0) is 22.9. The summed E-state index contributed by atoms with van der Waals surface area (Å²) in [5.74, 6) is 0. The molecule has 0 aliphatic carbocycles. The van der Waals surface area contributed by atoms with Crippen molar-refractivity contribution < 1.29 is 0 Å². The van der Waals surface area contributed by atoms with Crippen molar-refractivity contribution in [1.82, 2.24) is 4.90 Å². The summed E-state index contributed by atoms with van der Waals surface area (Å²) in [5, 5.41) is 0. The molecule has 2 rings (SSSR count). The lowest BCUT2D eigenvalue weighted by Gasteiger charge is -2.39. The molecule has 0 bridgehead atoms. The monoisotopic (exact) mass is 435 g/mol. The number of benzene rings is 2. The number of unbranched alkanes of at least 4 members (excludes halogenated alkanes) is 11. The van der Waals surface area contributed by atoms with Crippen molar-refractivity contribution in [2.24, 2.45) is 0 Å². The highest BCUT2D eigenvalue weighted by atomic mass is 15.2. The van der Waals surface area contributed by atoms with Crippen LogP contribution in [0.15, 0.2) is 60.7 Å². The molecule has 2 aromatic carbocycles. The standard InChI is InChI=1S/C31H49N/c1-4-5-6-7-8-9-10-11-12-13-14-21-26-31(2,3)32(27-29-22-17-15-18-23-29)28-30-24-19-16-20-25-30/h15-20,22-25H,4-14,21,26-28H2,1-3H3. The van der Waals surface area contributed by atoms with E-state index in [9.17, 15) is 0 Å². The van der Waals surface area contributed by atoms with E-state index >= 15 is 0 Å². The second kappa shape index (κ2) is 16.1. The fourth-order valence-corrected chi connectivity index (χ4v) is 4.65. The molecular formula is C31H49N. The van der Waals surface area contributed by atoms with Crippen LogP contribution in [0.1, 0.15) is 115 Å². The molecule has 0 aliphatic heterocycles. The summed E-state index contributed by atoms with van der Waals surface area (Å²) < 4.78 is 0. The van der Waals surface area contributed by atoms with Gasteiger partial charge < -0.3 is 0 Å². The predicted molar refractivity (Wildman–Crippen MR) is 142 cm³/mol. The van der Waals surface area contributed by atoms with Gasteiger partial charge in [-0.2, -0.15) is 0 Å². The summed E-state index contributed by atoms with van der Waals surface area (Å²) in [6.45, 7) is 9.21. The summed E-state index contributed by atoms with van der Waals surface area (Å²) in [4.78, 5) is 2.68. The first-order valence-electron chi connectivity index (χ1n) is 13.4. The maximum atomic E-state index is 2.68. The summed E-state index contributed by atoms with van der Waals surface area (Å²) >= 11 is 0. The van der Waals surface area contributed by atoms with Gasteiger partial charge in [0.2, 0.25) is 0 Å². The first-order valence-corrected chi connectivity index (χ1v) is 13.4. The molecule has 0 amide bonds. The van der Waals surface area contributed by atoms with Crippen LogP contribution in [0, 0.1) is 0 Å². The highest BCUT2D eigenvalue weighted by Gasteiger charge is 2.26. The summed E-state index contributed by atoms with van der Waals surface area (Å²) in [7, 11) is 0. The number of nitrogens with zero attached hydrogens (tertiary/aromatic N) is 1. The van der Waals surface area contributed by atoms with E-state index in [-0.39, 0.29) is 5.54 Å². The van der Waals surface area contributed by atoms with Crippen molar-refractivity contribution in [2.45, 2.75) is 123 Å². The van der Waals surface area contributed by atoms with Gasteiger partial charge in [0, 0.05) is 18.6 Å². The minimum Gasteiger partial charge on any atom is -0.290 e. The summed E-state index contributed by atoms with van der Waals surface area (Å²) in [6, 6.07) is 21.9. The average molecular weight is 436 g/mol. The van der Waals surface area contributed by atoms with Gasteiger partial charge >= 0.3 is 0 Å². The van der Waals surface area contributed by atoms with Gasteiger partial charge in [-0.1, -0.05) is 145 Å². The first-order chi connectivity index (χ1) is 15.6. The Kier molecular flexibility index (Phi) is 13.4. The van der Waals surface area contributed by atoms with Crippen molar-refractivity contribution in [3.8, 4) is 0 Å². The van der Waals surface area contributed by atoms with Crippen LogP contribution < -0.4 is 0 Å². The van der Waals surface area contributed by atoms with Crippen molar-refractivity contribution in [2.75, 3.05) is 0 Å². The molecular weight excluding hydrogens is 386 g/mol. The van der Waals surface area contributed by atoms with Gasteiger partial charge in [0.25, 0.3) is 0 Å². The van der Waals surface area contributed by atoms with Crippen LogP contribution in [-0.4, -0.2) is 10.4 Å². The molecule has 1 nitrogen and oxygen atoms in total. The van der Waals surface area contributed by atoms with Crippen LogP contribution in [0.2, 0.25) is 0 Å². The second-order valence-corrected chi connectivity index (χ2v) is 10.3. The minimum absolute atomic E-state index is 0.199. The molecule has 0 saturated heterocycles. The van der Waals surface area contributed by atoms with Crippen LogP contribution in [0.5, 0.6) is 0 Å². The van der Waals surface area contributed by atoms with E-state index in [0.717, 1.165) is 13.1 Å². The Labute approximate surface area is 199 Å². The fourth-order valence-electron chi connectivity index (χ4n) is 4.65. The molecule has 1 heteroatoms. The first kappa shape index (κ1) is 26.7. The lowest BCUT2D eigenvalue weighted by Crippen LogP contribution is -2.42. The van der Waals surface area contributed by atoms with E-state index in [0.29, 0.717) is 0 Å². The van der Waals surface area contributed by atoms with Gasteiger partial charge in [-0.25, -0.2) is 0 Å². The minimum atomic E-state index is 0.199. The molecule has 0 aliphatic rings. The van der Waals surface area contributed by atoms with Crippen molar-refractivity contribution in [3.63, 3.8) is 0 Å². The van der Waals surface area contributed by atoms with Gasteiger partial charge in [0.15, 0.2) is 0 Å². The Hall–Kier alpha value is -1.60. The lowest BCUT2D eigenvalue weighted by atomic mass is 9.92. The molecule has 0 radical (unpaired) electrons. The third-order valence-electron chi connectivity index (χ3n) is 6.93. The average Bonchev–Trinajstić information content (AvgIpc) is 2.81. The normalized spacial score (nSPS) is 11.9. The topological polar surface area (TPSA) is 3.24 Å². The van der Waals surface area contributed by atoms with Crippen LogP contribution >= 0.6 is 0 Å². The Morgan fingerprint density at radius 1 is 0.531 bits per heavy atom. The Balaban J connectivity index is 1.70. The van der Waals surface area contributed by atoms with E-state index in [4.69, 9.17) is 0 Å². The number of hydrogen-bond donors (Lipinski definition) is 0. The van der Waals surface area contributed by atoms with Gasteiger partial charge in [-0.15, -0.1) is 0 Å². The highest BCUT2D eigenvalue weighted by Crippen LogP contribution is 2.27. The second-order valence-electron chi connectivity index (χ2n) is 10.3. The Morgan fingerprint density at radius 2 is 0.906 bits per heavy atom. The van der Waals surface area contributed by atoms with Crippen molar-refractivity contribution in [1.29, 1.82) is 0 Å². The molecule has 0 spiro atoms. The zero-order valence-corrected chi connectivity index (χ0v) is 21.3. The molecule has 0 atom stereocenters. The molecule has 32 heavy (non-hydrogen) atoms. The number of rotatable bonds is 18. The highest BCUT2D eigenvalue weighted by molar-refractivity contribution is 5.17. The molecule has 178 valence electrons. The van der Waals surface area contributed by atoms with E-state index < -0.39 is 0 Å². The predicted octanol–water partition coefficient (Wildman–Crippen LogP) is 9.56. The van der Waals surface area contributed by atoms with Crippen LogP contribution in [0.25, 0.3) is 0 Å². The summed E-state index contributed by atoms with van der Waals surface area (Å²) in [5.41, 5.74) is 3.02. The maximum absolute atomic E-state index is 2.68. The third-order valence-corrected chi connectivity index (χ3v) is 6.93. The summed E-state index contributed by atoms with van der Waals surface area (Å²) in [6.07, 6.45) is 18.3. The zero-order valence-electron chi connectivity index (χ0n) is 21.3. The molecule has 0 fully saturated rings. The van der Waals surface area contributed by atoms with E-state index in [1.54, 1.807) is 0 Å². The third kappa shape index (κ3) is 11.3. The lowest BCUT2D eigenvalue weighted by molar-refractivity contribution is 0.0906. The maximum Gasteiger partial charge on any atom is 0.0242 e. The molecule has 0 unspecified atom stereocenters. The van der Waals surface area contributed by atoms with Crippen LogP contribution in [0.3, 0.4) is 0 Å². The smallest absolute Gasteiger partial charge is 0.0242 e.